The van der Waals surface area contributed by atoms with Crippen LogP contribution in [-0.2, 0) is 0 Å². The van der Waals surface area contributed by atoms with Gasteiger partial charge in [-0.1, -0.05) is 6.92 Å². The van der Waals surface area contributed by atoms with E-state index in [1.165, 1.54) is 0 Å². The Hall–Kier alpha value is -0.550. The summed E-state index contributed by atoms with van der Waals surface area (Å²) in [6.07, 6.45) is 1.62. The molecule has 0 heterocycles. The third kappa shape index (κ3) is 5.32. The summed E-state index contributed by atoms with van der Waals surface area (Å²) in [7, 11) is 0. The minimum atomic E-state index is 0.495. The number of nitrogens with zero attached hydrogens (tertiary/aromatic N) is 1. The van der Waals surface area contributed by atoms with Gasteiger partial charge in [0.1, 0.15) is 0 Å². The Labute approximate surface area is 56.9 Å². The number of nitriles is 1. The fourth-order valence-corrected chi connectivity index (χ4v) is 0.732. The van der Waals surface area contributed by atoms with E-state index in [-0.39, 0.29) is 0 Å². The largest absolute Gasteiger partial charge is 0.314 e. The number of hydrogen-bond donors (Lipinski definition) is 1. The first-order valence-corrected chi connectivity index (χ1v) is 3.41. The van der Waals surface area contributed by atoms with E-state index < -0.39 is 0 Å². The number of rotatable bonds is 4. The lowest BCUT2D eigenvalue weighted by Crippen LogP contribution is -2.24. The second-order valence-corrected chi connectivity index (χ2v) is 2.16. The molecule has 0 spiro atoms. The Morgan fingerprint density at radius 1 is 1.67 bits per heavy atom. The summed E-state index contributed by atoms with van der Waals surface area (Å²) in [4.78, 5) is 0. The molecule has 0 saturated carbocycles. The highest BCUT2D eigenvalue weighted by atomic mass is 14.9. The molecule has 0 aromatic carbocycles. The van der Waals surface area contributed by atoms with Crippen molar-refractivity contribution in [1.29, 1.82) is 5.26 Å². The van der Waals surface area contributed by atoms with Crippen molar-refractivity contribution in [2.75, 3.05) is 6.54 Å². The monoisotopic (exact) mass is 126 g/mol. The van der Waals surface area contributed by atoms with Crippen LogP contribution in [0.25, 0.3) is 0 Å². The first kappa shape index (κ1) is 8.45. The number of nitrogens with one attached hydrogen (secondary N) is 1. The summed E-state index contributed by atoms with van der Waals surface area (Å²) in [5.41, 5.74) is 0. The van der Waals surface area contributed by atoms with E-state index >= 15 is 0 Å². The van der Waals surface area contributed by atoms with Crippen molar-refractivity contribution in [3.63, 3.8) is 0 Å². The van der Waals surface area contributed by atoms with Crippen LogP contribution in [-0.4, -0.2) is 12.6 Å². The highest BCUT2D eigenvalue weighted by Gasteiger charge is 1.96. The summed E-state index contributed by atoms with van der Waals surface area (Å²) in [6, 6.07) is 2.61. The van der Waals surface area contributed by atoms with Crippen LogP contribution in [0, 0.1) is 11.3 Å². The maximum Gasteiger partial charge on any atom is 0.0622 e. The van der Waals surface area contributed by atoms with E-state index in [1.807, 2.05) is 0 Å². The van der Waals surface area contributed by atoms with E-state index in [4.69, 9.17) is 5.26 Å². The molecular weight excluding hydrogens is 112 g/mol. The van der Waals surface area contributed by atoms with Crippen LogP contribution in [0.5, 0.6) is 0 Å². The lowest BCUT2D eigenvalue weighted by Gasteiger charge is -2.08. The third-order valence-electron chi connectivity index (χ3n) is 1.24. The summed E-state index contributed by atoms with van der Waals surface area (Å²) >= 11 is 0. The maximum absolute atomic E-state index is 8.21. The molecule has 0 amide bonds. The lowest BCUT2D eigenvalue weighted by molar-refractivity contribution is 0.537. The van der Waals surface area contributed by atoms with Gasteiger partial charge >= 0.3 is 0 Å². The van der Waals surface area contributed by atoms with Crippen LogP contribution in [0.3, 0.4) is 0 Å². The highest BCUT2D eigenvalue weighted by molar-refractivity contribution is 4.72. The van der Waals surface area contributed by atoms with Gasteiger partial charge in [0, 0.05) is 12.5 Å². The summed E-state index contributed by atoms with van der Waals surface area (Å²) in [6.45, 7) is 5.16. The topological polar surface area (TPSA) is 35.8 Å². The Balaban J connectivity index is 3.07. The molecule has 2 nitrogen and oxygen atoms in total. The molecule has 0 saturated heterocycles. The molecule has 0 aliphatic carbocycles. The quantitative estimate of drug-likeness (QED) is 0.616. The van der Waals surface area contributed by atoms with Crippen molar-refractivity contribution in [2.45, 2.75) is 32.7 Å². The zero-order valence-electron chi connectivity index (χ0n) is 6.15. The zero-order valence-corrected chi connectivity index (χ0v) is 6.15. The van der Waals surface area contributed by atoms with Crippen molar-refractivity contribution in [3.8, 4) is 6.07 Å². The van der Waals surface area contributed by atoms with Crippen LogP contribution >= 0.6 is 0 Å². The average molecular weight is 126 g/mol. The van der Waals surface area contributed by atoms with Crippen LogP contribution in [0.15, 0.2) is 0 Å². The Morgan fingerprint density at radius 3 is 2.78 bits per heavy atom. The molecule has 0 rings (SSSR count). The van der Waals surface area contributed by atoms with Gasteiger partial charge in [-0.3, -0.25) is 0 Å². The summed E-state index contributed by atoms with van der Waals surface area (Å²) in [5, 5.41) is 11.4. The molecule has 52 valence electrons. The summed E-state index contributed by atoms with van der Waals surface area (Å²) in [5.74, 6) is 0. The van der Waals surface area contributed by atoms with Gasteiger partial charge in [0.25, 0.3) is 0 Å². The second-order valence-electron chi connectivity index (χ2n) is 2.16. The highest BCUT2D eigenvalue weighted by Crippen LogP contribution is 1.92. The van der Waals surface area contributed by atoms with Crippen molar-refractivity contribution in [3.05, 3.63) is 0 Å². The normalized spacial score (nSPS) is 12.6. The van der Waals surface area contributed by atoms with Crippen molar-refractivity contribution < 1.29 is 0 Å². The minimum Gasteiger partial charge on any atom is -0.314 e. The molecule has 0 aliphatic heterocycles. The molecule has 2 heteroatoms. The Kier molecular flexibility index (Phi) is 5.24. The van der Waals surface area contributed by atoms with Gasteiger partial charge in [0.15, 0.2) is 0 Å². The molecule has 0 fully saturated rings. The SMILES string of the molecule is CCN[C@H](C)CCC#N. The van der Waals surface area contributed by atoms with Gasteiger partial charge in [-0.05, 0) is 19.9 Å². The first-order chi connectivity index (χ1) is 4.31. The molecule has 0 unspecified atom stereocenters. The lowest BCUT2D eigenvalue weighted by atomic mass is 10.2. The molecule has 0 aliphatic rings. The molecule has 0 bridgehead atoms. The van der Waals surface area contributed by atoms with Crippen molar-refractivity contribution in [1.82, 2.24) is 5.32 Å². The molecule has 0 aromatic heterocycles. The maximum atomic E-state index is 8.21. The van der Waals surface area contributed by atoms with Gasteiger partial charge < -0.3 is 5.32 Å². The predicted molar refractivity (Wildman–Crippen MR) is 38.0 cm³/mol. The molecule has 1 N–H and O–H groups in total. The van der Waals surface area contributed by atoms with Crippen LogP contribution < -0.4 is 5.32 Å². The molecule has 1 atom stereocenters. The van der Waals surface area contributed by atoms with Gasteiger partial charge in [0.05, 0.1) is 6.07 Å². The van der Waals surface area contributed by atoms with Gasteiger partial charge in [-0.2, -0.15) is 5.26 Å². The van der Waals surface area contributed by atoms with Gasteiger partial charge in [-0.15, -0.1) is 0 Å². The van der Waals surface area contributed by atoms with E-state index in [0.717, 1.165) is 13.0 Å². The van der Waals surface area contributed by atoms with Gasteiger partial charge in [0.2, 0.25) is 0 Å². The van der Waals surface area contributed by atoms with E-state index in [0.29, 0.717) is 12.5 Å². The smallest absolute Gasteiger partial charge is 0.0622 e. The standard InChI is InChI=1S/C7H14N2/c1-3-9-7(2)5-4-6-8/h7,9H,3-5H2,1-2H3/t7-/m1/s1. The number of hydrogen-bond acceptors (Lipinski definition) is 2. The zero-order chi connectivity index (χ0) is 7.11. The fraction of sp³-hybridized carbons (Fsp3) is 0.857. The molecule has 0 aromatic rings. The minimum absolute atomic E-state index is 0.495. The fourth-order valence-electron chi connectivity index (χ4n) is 0.732. The van der Waals surface area contributed by atoms with Crippen molar-refractivity contribution >= 4 is 0 Å². The Morgan fingerprint density at radius 2 is 2.33 bits per heavy atom. The van der Waals surface area contributed by atoms with Crippen LogP contribution in [0.1, 0.15) is 26.7 Å². The van der Waals surface area contributed by atoms with Crippen LogP contribution in [0.2, 0.25) is 0 Å². The second kappa shape index (κ2) is 5.58. The first-order valence-electron chi connectivity index (χ1n) is 3.41. The van der Waals surface area contributed by atoms with Crippen LogP contribution in [0.4, 0.5) is 0 Å². The van der Waals surface area contributed by atoms with E-state index in [2.05, 4.69) is 25.2 Å². The Bertz CT molecular complexity index is 93.6. The van der Waals surface area contributed by atoms with Crippen molar-refractivity contribution in [2.24, 2.45) is 0 Å². The third-order valence-corrected chi connectivity index (χ3v) is 1.24. The predicted octanol–water partition coefficient (Wildman–Crippen LogP) is 1.29. The summed E-state index contributed by atoms with van der Waals surface area (Å²) < 4.78 is 0. The molecule has 0 radical (unpaired) electrons. The molecule has 9 heavy (non-hydrogen) atoms. The van der Waals surface area contributed by atoms with Gasteiger partial charge in [-0.25, -0.2) is 0 Å². The van der Waals surface area contributed by atoms with E-state index in [1.54, 1.807) is 0 Å². The average Bonchev–Trinajstić information content (AvgIpc) is 1.85. The van der Waals surface area contributed by atoms with E-state index in [9.17, 15) is 0 Å². The molecular formula is C7H14N2.